The Balaban J connectivity index is 3.12. The van der Waals surface area contributed by atoms with Crippen molar-refractivity contribution in [1.29, 1.82) is 0 Å². The Morgan fingerprint density at radius 1 is 1.22 bits per heavy atom. The number of hydrogen-bond acceptors (Lipinski definition) is 4. The fourth-order valence-corrected chi connectivity index (χ4v) is 1.90. The smallest absolute Gasteiger partial charge is 0.182 e. The molecule has 1 unspecified atom stereocenters. The van der Waals surface area contributed by atoms with Gasteiger partial charge in [0.25, 0.3) is 0 Å². The van der Waals surface area contributed by atoms with E-state index in [-0.39, 0.29) is 5.78 Å². The van der Waals surface area contributed by atoms with Gasteiger partial charge in [-0.3, -0.25) is 4.79 Å². The van der Waals surface area contributed by atoms with Crippen LogP contribution in [0.5, 0.6) is 11.5 Å². The molecule has 4 nitrogen and oxygen atoms in total. The molecular formula is C14H21NO3. The average molecular weight is 251 g/mol. The van der Waals surface area contributed by atoms with Crippen molar-refractivity contribution in [2.45, 2.75) is 32.2 Å². The zero-order chi connectivity index (χ0) is 13.8. The fraction of sp³-hybridized carbons (Fsp3) is 0.500. The zero-order valence-corrected chi connectivity index (χ0v) is 11.4. The summed E-state index contributed by atoms with van der Waals surface area (Å²) in [5.74, 6) is 1.08. The number of methoxy groups -OCH3 is 2. The number of nitrogens with two attached hydrogens (primary N) is 1. The molecule has 18 heavy (non-hydrogen) atoms. The zero-order valence-electron chi connectivity index (χ0n) is 11.4. The van der Waals surface area contributed by atoms with E-state index in [9.17, 15) is 4.79 Å². The molecule has 0 saturated heterocycles. The summed E-state index contributed by atoms with van der Waals surface area (Å²) >= 11 is 0. The molecule has 0 saturated carbocycles. The van der Waals surface area contributed by atoms with E-state index in [0.717, 1.165) is 6.42 Å². The van der Waals surface area contributed by atoms with Crippen molar-refractivity contribution in [2.75, 3.05) is 14.2 Å². The standard InChI is InChI=1S/C14H21NO3/c1-5-6-14(2,15)13(16)10-7-11(17-3)9-12(8-10)18-4/h7-9H,5-6,15H2,1-4H3. The third-order valence-corrected chi connectivity index (χ3v) is 2.90. The summed E-state index contributed by atoms with van der Waals surface area (Å²) in [5, 5.41) is 0. The second-order valence-electron chi connectivity index (χ2n) is 4.60. The second kappa shape index (κ2) is 5.87. The minimum Gasteiger partial charge on any atom is -0.497 e. The summed E-state index contributed by atoms with van der Waals surface area (Å²) in [4.78, 5) is 12.4. The first-order valence-electron chi connectivity index (χ1n) is 6.01. The molecule has 1 aromatic rings. The molecular weight excluding hydrogens is 230 g/mol. The van der Waals surface area contributed by atoms with E-state index in [1.54, 1.807) is 39.3 Å². The first-order valence-corrected chi connectivity index (χ1v) is 6.01. The van der Waals surface area contributed by atoms with Gasteiger partial charge in [-0.25, -0.2) is 0 Å². The summed E-state index contributed by atoms with van der Waals surface area (Å²) in [6.07, 6.45) is 1.51. The minimum absolute atomic E-state index is 0.0958. The topological polar surface area (TPSA) is 61.6 Å². The number of Topliss-reactive ketones (excluding diaryl/α,β-unsaturated/α-hetero) is 1. The molecule has 0 fully saturated rings. The van der Waals surface area contributed by atoms with Gasteiger partial charge in [-0.1, -0.05) is 13.3 Å². The first-order chi connectivity index (χ1) is 8.44. The number of ketones is 1. The van der Waals surface area contributed by atoms with Gasteiger partial charge in [-0.05, 0) is 25.5 Å². The van der Waals surface area contributed by atoms with Crippen molar-refractivity contribution in [3.8, 4) is 11.5 Å². The first kappa shape index (κ1) is 14.5. The Kier molecular flexibility index (Phi) is 4.73. The molecule has 1 atom stereocenters. The molecule has 1 aromatic carbocycles. The van der Waals surface area contributed by atoms with Crippen molar-refractivity contribution in [1.82, 2.24) is 0 Å². The van der Waals surface area contributed by atoms with Crippen LogP contribution in [0.1, 0.15) is 37.0 Å². The van der Waals surface area contributed by atoms with E-state index in [1.165, 1.54) is 0 Å². The molecule has 0 amide bonds. The van der Waals surface area contributed by atoms with Crippen molar-refractivity contribution in [3.63, 3.8) is 0 Å². The van der Waals surface area contributed by atoms with Crippen LogP contribution in [-0.4, -0.2) is 25.5 Å². The third kappa shape index (κ3) is 3.23. The third-order valence-electron chi connectivity index (χ3n) is 2.90. The van der Waals surface area contributed by atoms with Gasteiger partial charge in [0.15, 0.2) is 5.78 Å². The van der Waals surface area contributed by atoms with Gasteiger partial charge in [0.05, 0.1) is 19.8 Å². The summed E-state index contributed by atoms with van der Waals surface area (Å²) < 4.78 is 10.3. The number of carbonyl (C=O) groups is 1. The highest BCUT2D eigenvalue weighted by atomic mass is 16.5. The summed E-state index contributed by atoms with van der Waals surface area (Å²) in [7, 11) is 3.10. The van der Waals surface area contributed by atoms with Crippen molar-refractivity contribution in [3.05, 3.63) is 23.8 Å². The lowest BCUT2D eigenvalue weighted by Crippen LogP contribution is -2.44. The highest BCUT2D eigenvalue weighted by Gasteiger charge is 2.28. The molecule has 0 aliphatic rings. The van der Waals surface area contributed by atoms with Crippen LogP contribution in [0.2, 0.25) is 0 Å². The Morgan fingerprint density at radius 2 is 1.72 bits per heavy atom. The molecule has 0 bridgehead atoms. The molecule has 0 spiro atoms. The fourth-order valence-electron chi connectivity index (χ4n) is 1.90. The van der Waals surface area contributed by atoms with Gasteiger partial charge in [0.2, 0.25) is 0 Å². The van der Waals surface area contributed by atoms with E-state index in [2.05, 4.69) is 0 Å². The van der Waals surface area contributed by atoms with E-state index in [4.69, 9.17) is 15.2 Å². The molecule has 0 aliphatic heterocycles. The Hall–Kier alpha value is -1.55. The van der Waals surface area contributed by atoms with Crippen LogP contribution in [0, 0.1) is 0 Å². The summed E-state index contributed by atoms with van der Waals surface area (Å²) in [6.45, 7) is 3.76. The Morgan fingerprint density at radius 3 is 2.11 bits per heavy atom. The van der Waals surface area contributed by atoms with Crippen LogP contribution in [0.15, 0.2) is 18.2 Å². The predicted octanol–water partition coefficient (Wildman–Crippen LogP) is 2.40. The maximum absolute atomic E-state index is 12.4. The van der Waals surface area contributed by atoms with Gasteiger partial charge in [0.1, 0.15) is 11.5 Å². The van der Waals surface area contributed by atoms with Crippen LogP contribution in [-0.2, 0) is 0 Å². The van der Waals surface area contributed by atoms with E-state index in [0.29, 0.717) is 23.5 Å². The van der Waals surface area contributed by atoms with Crippen molar-refractivity contribution in [2.24, 2.45) is 5.73 Å². The number of rotatable bonds is 6. The Labute approximate surface area is 108 Å². The van der Waals surface area contributed by atoms with Crippen LogP contribution in [0.4, 0.5) is 0 Å². The number of hydrogen-bond donors (Lipinski definition) is 1. The largest absolute Gasteiger partial charge is 0.497 e. The molecule has 4 heteroatoms. The number of ether oxygens (including phenoxy) is 2. The normalized spacial score (nSPS) is 13.8. The minimum atomic E-state index is -0.855. The van der Waals surface area contributed by atoms with Gasteiger partial charge < -0.3 is 15.2 Å². The van der Waals surface area contributed by atoms with E-state index in [1.807, 2.05) is 6.92 Å². The van der Waals surface area contributed by atoms with E-state index >= 15 is 0 Å². The molecule has 100 valence electrons. The van der Waals surface area contributed by atoms with Crippen LogP contribution < -0.4 is 15.2 Å². The lowest BCUT2D eigenvalue weighted by molar-refractivity contribution is 0.0892. The highest BCUT2D eigenvalue weighted by Crippen LogP contribution is 2.25. The molecule has 0 aromatic heterocycles. The average Bonchev–Trinajstić information content (AvgIpc) is 2.37. The molecule has 0 heterocycles. The maximum Gasteiger partial charge on any atom is 0.182 e. The SMILES string of the molecule is CCCC(C)(N)C(=O)c1cc(OC)cc(OC)c1. The van der Waals surface area contributed by atoms with Gasteiger partial charge >= 0.3 is 0 Å². The Bertz CT molecular complexity index is 405. The second-order valence-corrected chi connectivity index (χ2v) is 4.60. The maximum atomic E-state index is 12.4. The van der Waals surface area contributed by atoms with Crippen LogP contribution in [0.25, 0.3) is 0 Å². The lowest BCUT2D eigenvalue weighted by atomic mass is 9.88. The number of benzene rings is 1. The quantitative estimate of drug-likeness (QED) is 0.789. The van der Waals surface area contributed by atoms with Gasteiger partial charge in [0, 0.05) is 11.6 Å². The number of carbonyl (C=O) groups excluding carboxylic acids is 1. The lowest BCUT2D eigenvalue weighted by Gasteiger charge is -2.22. The summed E-state index contributed by atoms with van der Waals surface area (Å²) in [6, 6.07) is 5.10. The molecule has 0 aliphatic carbocycles. The highest BCUT2D eigenvalue weighted by molar-refractivity contribution is 6.03. The molecule has 1 rings (SSSR count). The van der Waals surface area contributed by atoms with Crippen LogP contribution >= 0.6 is 0 Å². The van der Waals surface area contributed by atoms with Gasteiger partial charge in [-0.15, -0.1) is 0 Å². The van der Waals surface area contributed by atoms with Gasteiger partial charge in [-0.2, -0.15) is 0 Å². The predicted molar refractivity (Wildman–Crippen MR) is 71.4 cm³/mol. The monoisotopic (exact) mass is 251 g/mol. The molecule has 2 N–H and O–H groups in total. The molecule has 0 radical (unpaired) electrons. The van der Waals surface area contributed by atoms with E-state index < -0.39 is 5.54 Å². The van der Waals surface area contributed by atoms with Crippen LogP contribution in [0.3, 0.4) is 0 Å². The summed E-state index contributed by atoms with van der Waals surface area (Å²) in [5.41, 5.74) is 5.72. The van der Waals surface area contributed by atoms with Crippen molar-refractivity contribution >= 4 is 5.78 Å². The van der Waals surface area contributed by atoms with Crippen molar-refractivity contribution < 1.29 is 14.3 Å².